The summed E-state index contributed by atoms with van der Waals surface area (Å²) in [7, 11) is 0. The van der Waals surface area contributed by atoms with Crippen LogP contribution in [0.2, 0.25) is 5.02 Å². The molecular formula is C14H12BrClIN. The van der Waals surface area contributed by atoms with Crippen molar-refractivity contribution < 1.29 is 0 Å². The molecule has 4 heteroatoms. The number of aromatic nitrogens is 1. The number of alkyl halides is 1. The summed E-state index contributed by atoms with van der Waals surface area (Å²) in [6.45, 7) is 2.09. The van der Waals surface area contributed by atoms with Crippen LogP contribution in [0.4, 0.5) is 0 Å². The molecule has 1 nitrogen and oxygen atoms in total. The van der Waals surface area contributed by atoms with Gasteiger partial charge in [-0.05, 0) is 58.8 Å². The van der Waals surface area contributed by atoms with Gasteiger partial charge in [0.1, 0.15) is 0 Å². The average Bonchev–Trinajstić information content (AvgIpc) is 2.35. The fraction of sp³-hybridized carbons (Fsp3) is 0.214. The zero-order chi connectivity index (χ0) is 13.1. The van der Waals surface area contributed by atoms with Crippen molar-refractivity contribution in [3.63, 3.8) is 0 Å². The molecule has 0 aliphatic heterocycles. The first-order valence-corrected chi connectivity index (χ1v) is 7.94. The molecule has 0 bridgehead atoms. The van der Waals surface area contributed by atoms with E-state index in [9.17, 15) is 0 Å². The quantitative estimate of drug-likeness (QED) is 0.468. The minimum Gasteiger partial charge on any atom is -0.261 e. The molecule has 1 heterocycles. The number of benzene rings is 1. The van der Waals surface area contributed by atoms with Gasteiger partial charge in [0.25, 0.3) is 0 Å². The highest BCUT2D eigenvalue weighted by atomic mass is 127. The molecule has 0 aliphatic rings. The smallest absolute Gasteiger partial charge is 0.0542 e. The predicted molar refractivity (Wildman–Crippen MR) is 88.5 cm³/mol. The lowest BCUT2D eigenvalue weighted by Gasteiger charge is -2.12. The van der Waals surface area contributed by atoms with E-state index in [1.807, 2.05) is 24.4 Å². The molecule has 1 aromatic carbocycles. The van der Waals surface area contributed by atoms with E-state index in [1.54, 1.807) is 0 Å². The summed E-state index contributed by atoms with van der Waals surface area (Å²) in [5.41, 5.74) is 3.53. The third kappa shape index (κ3) is 3.45. The van der Waals surface area contributed by atoms with E-state index in [0.717, 1.165) is 20.7 Å². The maximum atomic E-state index is 6.15. The number of aryl methyl sites for hydroxylation is 1. The SMILES string of the molecule is Cc1cccnc1CC(Br)c1ccc(I)c(Cl)c1. The summed E-state index contributed by atoms with van der Waals surface area (Å²) in [4.78, 5) is 4.66. The Morgan fingerprint density at radius 2 is 2.17 bits per heavy atom. The summed E-state index contributed by atoms with van der Waals surface area (Å²) in [5.74, 6) is 0. The molecule has 0 aliphatic carbocycles. The standard InChI is InChI=1S/C14H12BrClIN/c1-9-3-2-6-18-14(9)8-11(15)10-4-5-13(17)12(16)7-10/h2-7,11H,8H2,1H3. The lowest BCUT2D eigenvalue weighted by molar-refractivity contribution is 0.892. The third-order valence-corrected chi connectivity index (χ3v) is 5.22. The van der Waals surface area contributed by atoms with Crippen molar-refractivity contribution in [2.75, 3.05) is 0 Å². The monoisotopic (exact) mass is 435 g/mol. The van der Waals surface area contributed by atoms with Crippen LogP contribution in [0.5, 0.6) is 0 Å². The molecule has 1 aromatic heterocycles. The van der Waals surface area contributed by atoms with Gasteiger partial charge in [0.15, 0.2) is 0 Å². The molecule has 1 unspecified atom stereocenters. The molecule has 0 saturated heterocycles. The number of hydrogen-bond acceptors (Lipinski definition) is 1. The van der Waals surface area contributed by atoms with Crippen molar-refractivity contribution in [1.82, 2.24) is 4.98 Å². The van der Waals surface area contributed by atoms with Gasteiger partial charge in [-0.3, -0.25) is 4.98 Å². The van der Waals surface area contributed by atoms with Crippen molar-refractivity contribution in [2.24, 2.45) is 0 Å². The normalized spacial score (nSPS) is 12.4. The minimum absolute atomic E-state index is 0.237. The molecule has 0 amide bonds. The maximum Gasteiger partial charge on any atom is 0.0542 e. The van der Waals surface area contributed by atoms with Gasteiger partial charge in [-0.2, -0.15) is 0 Å². The molecule has 1 atom stereocenters. The summed E-state index contributed by atoms with van der Waals surface area (Å²) in [6, 6.07) is 10.2. The van der Waals surface area contributed by atoms with Gasteiger partial charge in [-0.15, -0.1) is 0 Å². The van der Waals surface area contributed by atoms with Crippen molar-refractivity contribution >= 4 is 50.1 Å². The Bertz CT molecular complexity index is 559. The van der Waals surface area contributed by atoms with Gasteiger partial charge < -0.3 is 0 Å². The number of nitrogens with zero attached hydrogens (tertiary/aromatic N) is 1. The number of halogens is 3. The van der Waals surface area contributed by atoms with E-state index < -0.39 is 0 Å². The lowest BCUT2D eigenvalue weighted by atomic mass is 10.1. The molecule has 0 radical (unpaired) electrons. The topological polar surface area (TPSA) is 12.9 Å². The average molecular weight is 437 g/mol. The van der Waals surface area contributed by atoms with Gasteiger partial charge >= 0.3 is 0 Å². The van der Waals surface area contributed by atoms with Gasteiger partial charge in [-0.25, -0.2) is 0 Å². The van der Waals surface area contributed by atoms with Gasteiger partial charge in [0.05, 0.1) is 5.02 Å². The summed E-state index contributed by atoms with van der Waals surface area (Å²) in [6.07, 6.45) is 2.70. The van der Waals surface area contributed by atoms with Gasteiger partial charge in [0.2, 0.25) is 0 Å². The zero-order valence-electron chi connectivity index (χ0n) is 9.83. The fourth-order valence-corrected chi connectivity index (χ4v) is 2.84. The lowest BCUT2D eigenvalue weighted by Crippen LogP contribution is -2.00. The van der Waals surface area contributed by atoms with E-state index in [2.05, 4.69) is 62.6 Å². The van der Waals surface area contributed by atoms with E-state index in [1.165, 1.54) is 11.1 Å². The van der Waals surface area contributed by atoms with Crippen LogP contribution in [0.3, 0.4) is 0 Å². The van der Waals surface area contributed by atoms with Crippen LogP contribution in [0.1, 0.15) is 21.6 Å². The molecule has 0 spiro atoms. The van der Waals surface area contributed by atoms with E-state index in [4.69, 9.17) is 11.6 Å². The largest absolute Gasteiger partial charge is 0.261 e. The van der Waals surface area contributed by atoms with Gasteiger partial charge in [0, 0.05) is 26.7 Å². The van der Waals surface area contributed by atoms with Crippen LogP contribution in [0.25, 0.3) is 0 Å². The van der Waals surface area contributed by atoms with Crippen molar-refractivity contribution in [2.45, 2.75) is 18.2 Å². The predicted octanol–water partition coefficient (Wildman–Crippen LogP) is 5.33. The molecule has 2 rings (SSSR count). The Morgan fingerprint density at radius 3 is 2.83 bits per heavy atom. The highest BCUT2D eigenvalue weighted by molar-refractivity contribution is 14.1. The molecule has 0 N–H and O–H groups in total. The van der Waals surface area contributed by atoms with Crippen molar-refractivity contribution in [3.05, 3.63) is 61.9 Å². The first kappa shape index (κ1) is 14.3. The number of rotatable bonds is 3. The Labute approximate surface area is 134 Å². The first-order chi connectivity index (χ1) is 8.58. The highest BCUT2D eigenvalue weighted by Gasteiger charge is 2.12. The number of pyridine rings is 1. The molecule has 2 aromatic rings. The van der Waals surface area contributed by atoms with Crippen LogP contribution < -0.4 is 0 Å². The second-order valence-corrected chi connectivity index (χ2v) is 6.79. The molecular weight excluding hydrogens is 424 g/mol. The van der Waals surface area contributed by atoms with Crippen molar-refractivity contribution in [3.8, 4) is 0 Å². The summed E-state index contributed by atoms with van der Waals surface area (Å²) < 4.78 is 1.08. The molecule has 94 valence electrons. The Morgan fingerprint density at radius 1 is 1.39 bits per heavy atom. The Kier molecular flexibility index (Phi) is 5.04. The second-order valence-electron chi connectivity index (χ2n) is 4.11. The zero-order valence-corrected chi connectivity index (χ0v) is 14.3. The Hall–Kier alpha value is -0.130. The first-order valence-electron chi connectivity index (χ1n) is 5.57. The van der Waals surface area contributed by atoms with E-state index >= 15 is 0 Å². The molecule has 0 saturated carbocycles. The second kappa shape index (κ2) is 6.35. The fourth-order valence-electron chi connectivity index (χ4n) is 1.73. The van der Waals surface area contributed by atoms with Crippen LogP contribution >= 0.6 is 50.1 Å². The van der Waals surface area contributed by atoms with Crippen LogP contribution in [0.15, 0.2) is 36.5 Å². The van der Waals surface area contributed by atoms with Crippen molar-refractivity contribution in [1.29, 1.82) is 0 Å². The highest BCUT2D eigenvalue weighted by Crippen LogP contribution is 2.30. The maximum absolute atomic E-state index is 6.15. The van der Waals surface area contributed by atoms with Gasteiger partial charge in [-0.1, -0.05) is 39.7 Å². The van der Waals surface area contributed by atoms with E-state index in [-0.39, 0.29) is 4.83 Å². The Balaban J connectivity index is 2.19. The summed E-state index contributed by atoms with van der Waals surface area (Å²) >= 11 is 12.1. The summed E-state index contributed by atoms with van der Waals surface area (Å²) in [5, 5.41) is 0.801. The van der Waals surface area contributed by atoms with Crippen LogP contribution in [-0.4, -0.2) is 4.98 Å². The van der Waals surface area contributed by atoms with Crippen LogP contribution in [0, 0.1) is 10.5 Å². The number of hydrogen-bond donors (Lipinski definition) is 0. The minimum atomic E-state index is 0.237. The third-order valence-electron chi connectivity index (χ3n) is 2.80. The van der Waals surface area contributed by atoms with Crippen LogP contribution in [-0.2, 0) is 6.42 Å². The van der Waals surface area contributed by atoms with E-state index in [0.29, 0.717) is 0 Å². The molecule has 0 fully saturated rings. The molecule has 18 heavy (non-hydrogen) atoms.